The lowest BCUT2D eigenvalue weighted by Crippen LogP contribution is -2.15. The average Bonchev–Trinajstić information content (AvgIpc) is 2.82. The van der Waals surface area contributed by atoms with Gasteiger partial charge in [-0.05, 0) is 36.7 Å². The van der Waals surface area contributed by atoms with Crippen molar-refractivity contribution in [2.24, 2.45) is 0 Å². The maximum atomic E-state index is 3.97. The van der Waals surface area contributed by atoms with Gasteiger partial charge < -0.3 is 10.2 Å². The van der Waals surface area contributed by atoms with Crippen LogP contribution in [0.25, 0.3) is 0 Å². The van der Waals surface area contributed by atoms with Gasteiger partial charge in [0.15, 0.2) is 0 Å². The van der Waals surface area contributed by atoms with Crippen molar-refractivity contribution in [2.75, 3.05) is 19.4 Å². The van der Waals surface area contributed by atoms with E-state index in [9.17, 15) is 0 Å². The van der Waals surface area contributed by atoms with Crippen LogP contribution in [-0.4, -0.2) is 29.2 Å². The van der Waals surface area contributed by atoms with Crippen LogP contribution in [0.2, 0.25) is 0 Å². The Balaban J connectivity index is 2.35. The van der Waals surface area contributed by atoms with E-state index in [-0.39, 0.29) is 5.41 Å². The Bertz CT molecular complexity index is 550. The Kier molecular flexibility index (Phi) is 4.14. The summed E-state index contributed by atoms with van der Waals surface area (Å²) in [5, 5.41) is 10.3. The van der Waals surface area contributed by atoms with Gasteiger partial charge >= 0.3 is 0 Å². The number of aromatic nitrogens is 2. The predicted molar refractivity (Wildman–Crippen MR) is 84.4 cm³/mol. The van der Waals surface area contributed by atoms with Crippen molar-refractivity contribution < 1.29 is 0 Å². The van der Waals surface area contributed by atoms with Crippen LogP contribution in [-0.2, 0) is 12.0 Å². The van der Waals surface area contributed by atoms with Gasteiger partial charge in [-0.2, -0.15) is 5.10 Å². The first-order valence-electron chi connectivity index (χ1n) is 6.91. The van der Waals surface area contributed by atoms with Gasteiger partial charge in [-0.3, -0.25) is 5.10 Å². The Labute approximate surface area is 121 Å². The largest absolute Gasteiger partial charge is 0.340 e. The molecule has 0 amide bonds. The van der Waals surface area contributed by atoms with E-state index in [4.69, 9.17) is 0 Å². The number of nitrogens with zero attached hydrogens (tertiary/aromatic N) is 2. The van der Waals surface area contributed by atoms with Crippen LogP contribution in [0.3, 0.4) is 0 Å². The first-order valence-corrected chi connectivity index (χ1v) is 6.91. The summed E-state index contributed by atoms with van der Waals surface area (Å²) in [7, 11) is 4.17. The molecule has 1 aromatic heterocycles. The number of rotatable bonds is 4. The normalized spacial score (nSPS) is 11.9. The third-order valence-corrected chi connectivity index (χ3v) is 3.23. The van der Waals surface area contributed by atoms with Crippen molar-refractivity contribution in [1.29, 1.82) is 0 Å². The zero-order valence-electron chi connectivity index (χ0n) is 13.0. The first-order chi connectivity index (χ1) is 9.36. The van der Waals surface area contributed by atoms with Crippen LogP contribution in [0.1, 0.15) is 31.9 Å². The van der Waals surface area contributed by atoms with E-state index < -0.39 is 0 Å². The number of H-pyrrole nitrogens is 1. The molecule has 4 heteroatoms. The molecule has 1 aromatic carbocycles. The summed E-state index contributed by atoms with van der Waals surface area (Å²) < 4.78 is 0. The second-order valence-electron chi connectivity index (χ2n) is 6.46. The highest BCUT2D eigenvalue weighted by Crippen LogP contribution is 2.28. The minimum absolute atomic E-state index is 0.160. The smallest absolute Gasteiger partial charge is 0.125 e. The molecule has 20 heavy (non-hydrogen) atoms. The van der Waals surface area contributed by atoms with E-state index in [1.807, 2.05) is 6.07 Å². The third-order valence-electron chi connectivity index (χ3n) is 3.23. The summed E-state index contributed by atoms with van der Waals surface area (Å²) in [6, 6.07) is 8.56. The van der Waals surface area contributed by atoms with Crippen LogP contribution < -0.4 is 5.32 Å². The minimum Gasteiger partial charge on any atom is -0.340 e. The summed E-state index contributed by atoms with van der Waals surface area (Å²) in [6.07, 6.45) is 1.75. The lowest BCUT2D eigenvalue weighted by molar-refractivity contribution is 0.402. The summed E-state index contributed by atoms with van der Waals surface area (Å²) in [6.45, 7) is 7.62. The van der Waals surface area contributed by atoms with Crippen LogP contribution in [0.5, 0.6) is 0 Å². The van der Waals surface area contributed by atoms with E-state index in [1.54, 1.807) is 6.20 Å². The molecule has 2 aromatic rings. The lowest BCUT2D eigenvalue weighted by atomic mass is 9.86. The molecular formula is C16H24N4. The first kappa shape index (κ1) is 14.6. The molecule has 0 atom stereocenters. The van der Waals surface area contributed by atoms with Crippen LogP contribution >= 0.6 is 0 Å². The molecule has 1 heterocycles. The fourth-order valence-corrected chi connectivity index (χ4v) is 2.12. The Morgan fingerprint density at radius 3 is 2.50 bits per heavy atom. The van der Waals surface area contributed by atoms with Crippen molar-refractivity contribution in [1.82, 2.24) is 15.1 Å². The zero-order chi connectivity index (χ0) is 14.8. The molecule has 0 saturated carbocycles. The highest BCUT2D eigenvalue weighted by Gasteiger charge is 2.16. The molecule has 0 aliphatic heterocycles. The summed E-state index contributed by atoms with van der Waals surface area (Å²) in [4.78, 5) is 2.18. The van der Waals surface area contributed by atoms with Gasteiger partial charge in [0.25, 0.3) is 0 Å². The number of hydrogen-bond acceptors (Lipinski definition) is 3. The van der Waals surface area contributed by atoms with Crippen molar-refractivity contribution in [2.45, 2.75) is 32.7 Å². The number of benzene rings is 1. The molecular weight excluding hydrogens is 248 g/mol. The summed E-state index contributed by atoms with van der Waals surface area (Å²) >= 11 is 0. The highest BCUT2D eigenvalue weighted by atomic mass is 15.2. The number of aromatic amines is 1. The molecule has 0 aliphatic carbocycles. The molecule has 4 nitrogen and oxygen atoms in total. The van der Waals surface area contributed by atoms with Crippen molar-refractivity contribution in [3.8, 4) is 0 Å². The molecule has 2 N–H and O–H groups in total. The summed E-state index contributed by atoms with van der Waals surface area (Å²) in [5.41, 5.74) is 3.92. The molecule has 0 radical (unpaired) electrons. The minimum atomic E-state index is 0.160. The monoisotopic (exact) mass is 272 g/mol. The Hall–Kier alpha value is -1.81. The fraction of sp³-hybridized carbons (Fsp3) is 0.438. The second kappa shape index (κ2) is 5.67. The highest BCUT2D eigenvalue weighted by molar-refractivity contribution is 5.61. The number of nitrogens with one attached hydrogen (secondary N) is 2. The average molecular weight is 272 g/mol. The van der Waals surface area contributed by atoms with E-state index in [0.29, 0.717) is 0 Å². The van der Waals surface area contributed by atoms with E-state index in [2.05, 4.69) is 73.5 Å². The molecule has 2 rings (SSSR count). The van der Waals surface area contributed by atoms with Crippen LogP contribution in [0, 0.1) is 0 Å². The molecule has 0 spiro atoms. The van der Waals surface area contributed by atoms with E-state index >= 15 is 0 Å². The molecule has 0 fully saturated rings. The van der Waals surface area contributed by atoms with Gasteiger partial charge in [-0.25, -0.2) is 0 Å². The van der Waals surface area contributed by atoms with Gasteiger partial charge in [0.05, 0.1) is 6.20 Å². The number of anilines is 2. The third kappa shape index (κ3) is 3.61. The second-order valence-corrected chi connectivity index (χ2v) is 6.46. The SMILES string of the molecule is CN(C)Cc1cc(C(C)(C)C)ccc1Nc1ccn[nH]1. The van der Waals surface area contributed by atoms with E-state index in [1.165, 1.54) is 11.1 Å². The van der Waals surface area contributed by atoms with Crippen molar-refractivity contribution in [3.05, 3.63) is 41.6 Å². The van der Waals surface area contributed by atoms with Gasteiger partial charge in [-0.1, -0.05) is 32.9 Å². The molecule has 108 valence electrons. The van der Waals surface area contributed by atoms with Gasteiger partial charge in [-0.15, -0.1) is 0 Å². The Morgan fingerprint density at radius 2 is 1.95 bits per heavy atom. The quantitative estimate of drug-likeness (QED) is 0.895. The molecule has 0 bridgehead atoms. The maximum Gasteiger partial charge on any atom is 0.125 e. The van der Waals surface area contributed by atoms with Crippen LogP contribution in [0.15, 0.2) is 30.5 Å². The Morgan fingerprint density at radius 1 is 1.20 bits per heavy atom. The van der Waals surface area contributed by atoms with Crippen molar-refractivity contribution >= 4 is 11.5 Å². The summed E-state index contributed by atoms with van der Waals surface area (Å²) in [5.74, 6) is 0.911. The van der Waals surface area contributed by atoms with Gasteiger partial charge in [0.1, 0.15) is 5.82 Å². The van der Waals surface area contributed by atoms with Gasteiger partial charge in [0, 0.05) is 18.3 Å². The van der Waals surface area contributed by atoms with E-state index in [0.717, 1.165) is 18.1 Å². The molecule has 0 unspecified atom stereocenters. The van der Waals surface area contributed by atoms with Crippen molar-refractivity contribution in [3.63, 3.8) is 0 Å². The van der Waals surface area contributed by atoms with Crippen LogP contribution in [0.4, 0.5) is 11.5 Å². The van der Waals surface area contributed by atoms with Gasteiger partial charge in [0.2, 0.25) is 0 Å². The fourth-order valence-electron chi connectivity index (χ4n) is 2.12. The predicted octanol–water partition coefficient (Wildman–Crippen LogP) is 3.51. The topological polar surface area (TPSA) is 44.0 Å². The lowest BCUT2D eigenvalue weighted by Gasteiger charge is -2.23. The standard InChI is InChI=1S/C16H24N4/c1-16(2,3)13-6-7-14(12(10-13)11-20(4)5)18-15-8-9-17-19-15/h6-10H,11H2,1-5H3,(H2,17,18,19). The number of hydrogen-bond donors (Lipinski definition) is 2. The zero-order valence-corrected chi connectivity index (χ0v) is 13.0. The molecule has 0 saturated heterocycles. The molecule has 0 aliphatic rings. The maximum absolute atomic E-state index is 3.97.